The van der Waals surface area contributed by atoms with Crippen LogP contribution in [0.4, 0.5) is 11.4 Å². The van der Waals surface area contributed by atoms with E-state index in [1.54, 1.807) is 29.2 Å². The zero-order chi connectivity index (χ0) is 19.6. The van der Waals surface area contributed by atoms with Gasteiger partial charge in [0.15, 0.2) is 5.78 Å². The van der Waals surface area contributed by atoms with Crippen molar-refractivity contribution in [2.45, 2.75) is 19.8 Å². The Bertz CT molecular complexity index is 968. The van der Waals surface area contributed by atoms with Crippen molar-refractivity contribution in [1.29, 1.82) is 0 Å². The SMILES string of the molecule is CC(=O)c1ccc(N(CCC(=O)N2CCc3ccccc32)S(C)(=O)=O)cc1. The van der Waals surface area contributed by atoms with E-state index in [1.807, 2.05) is 24.3 Å². The van der Waals surface area contributed by atoms with E-state index in [0.29, 0.717) is 17.8 Å². The van der Waals surface area contributed by atoms with Crippen LogP contribution in [0.25, 0.3) is 0 Å². The molecule has 27 heavy (non-hydrogen) atoms. The molecule has 142 valence electrons. The number of benzene rings is 2. The predicted octanol–water partition coefficient (Wildman–Crippen LogP) is 2.63. The van der Waals surface area contributed by atoms with Crippen LogP contribution < -0.4 is 9.21 Å². The number of carbonyl (C=O) groups excluding carboxylic acids is 2. The zero-order valence-electron chi connectivity index (χ0n) is 15.4. The molecule has 0 spiro atoms. The molecule has 0 bridgehead atoms. The van der Waals surface area contributed by atoms with E-state index in [2.05, 4.69) is 0 Å². The molecule has 0 radical (unpaired) electrons. The third kappa shape index (κ3) is 4.19. The lowest BCUT2D eigenvalue weighted by molar-refractivity contribution is -0.118. The van der Waals surface area contributed by atoms with Crippen LogP contribution >= 0.6 is 0 Å². The van der Waals surface area contributed by atoms with E-state index >= 15 is 0 Å². The van der Waals surface area contributed by atoms with Crippen molar-refractivity contribution in [1.82, 2.24) is 0 Å². The van der Waals surface area contributed by atoms with Gasteiger partial charge >= 0.3 is 0 Å². The fourth-order valence-corrected chi connectivity index (χ4v) is 4.21. The van der Waals surface area contributed by atoms with Crippen LogP contribution in [0.15, 0.2) is 48.5 Å². The number of hydrogen-bond acceptors (Lipinski definition) is 4. The zero-order valence-corrected chi connectivity index (χ0v) is 16.2. The number of Topliss-reactive ketones (excluding diaryl/α,β-unsaturated/α-hetero) is 1. The van der Waals surface area contributed by atoms with Crippen LogP contribution in [0.3, 0.4) is 0 Å². The Morgan fingerprint density at radius 1 is 1.07 bits per heavy atom. The first kappa shape index (κ1) is 19.1. The molecule has 2 aromatic carbocycles. The lowest BCUT2D eigenvalue weighted by Gasteiger charge is -2.24. The standard InChI is InChI=1S/C20H22N2O4S/c1-15(23)16-7-9-18(10-8-16)22(27(2,25)26)14-12-20(24)21-13-11-17-5-3-4-6-19(17)21/h3-10H,11-14H2,1-2H3. The molecule has 0 N–H and O–H groups in total. The van der Waals surface area contributed by atoms with E-state index in [0.717, 1.165) is 23.9 Å². The monoisotopic (exact) mass is 386 g/mol. The molecule has 1 aliphatic rings. The highest BCUT2D eigenvalue weighted by molar-refractivity contribution is 7.92. The maximum atomic E-state index is 12.7. The number of anilines is 2. The average Bonchev–Trinajstić information content (AvgIpc) is 3.05. The molecular weight excluding hydrogens is 364 g/mol. The van der Waals surface area contributed by atoms with Gasteiger partial charge in [0, 0.05) is 30.8 Å². The van der Waals surface area contributed by atoms with Gasteiger partial charge in [0.05, 0.1) is 11.9 Å². The maximum absolute atomic E-state index is 12.7. The van der Waals surface area contributed by atoms with Gasteiger partial charge in [-0.15, -0.1) is 0 Å². The van der Waals surface area contributed by atoms with E-state index in [-0.39, 0.29) is 24.7 Å². The van der Waals surface area contributed by atoms with Gasteiger partial charge in [-0.05, 0) is 49.2 Å². The summed E-state index contributed by atoms with van der Waals surface area (Å²) in [6.07, 6.45) is 2.00. The molecule has 0 saturated heterocycles. The van der Waals surface area contributed by atoms with Crippen molar-refractivity contribution in [2.24, 2.45) is 0 Å². The largest absolute Gasteiger partial charge is 0.312 e. The third-order valence-electron chi connectivity index (χ3n) is 4.68. The molecule has 1 amide bonds. The van der Waals surface area contributed by atoms with Crippen LogP contribution in [0.2, 0.25) is 0 Å². The van der Waals surface area contributed by atoms with Gasteiger partial charge in [-0.25, -0.2) is 8.42 Å². The molecule has 3 rings (SSSR count). The summed E-state index contributed by atoms with van der Waals surface area (Å²) in [5.74, 6) is -0.190. The average molecular weight is 386 g/mol. The molecular formula is C20H22N2O4S. The number of para-hydroxylation sites is 1. The number of nitrogens with zero attached hydrogens (tertiary/aromatic N) is 2. The number of hydrogen-bond donors (Lipinski definition) is 0. The highest BCUT2D eigenvalue weighted by Crippen LogP contribution is 2.28. The van der Waals surface area contributed by atoms with E-state index in [9.17, 15) is 18.0 Å². The number of fused-ring (bicyclic) bond motifs is 1. The summed E-state index contributed by atoms with van der Waals surface area (Å²) in [6, 6.07) is 14.1. The Labute approximate surface area is 159 Å². The molecule has 0 saturated carbocycles. The Hall–Kier alpha value is -2.67. The van der Waals surface area contributed by atoms with Gasteiger partial charge in [0.1, 0.15) is 0 Å². The maximum Gasteiger partial charge on any atom is 0.232 e. The summed E-state index contributed by atoms with van der Waals surface area (Å²) in [6.45, 7) is 2.12. The summed E-state index contributed by atoms with van der Waals surface area (Å²) in [7, 11) is -3.55. The molecule has 0 atom stereocenters. The summed E-state index contributed by atoms with van der Waals surface area (Å²) in [4.78, 5) is 25.8. The van der Waals surface area contributed by atoms with Crippen LogP contribution in [0.1, 0.15) is 29.3 Å². The van der Waals surface area contributed by atoms with Crippen molar-refractivity contribution >= 4 is 33.1 Å². The van der Waals surface area contributed by atoms with Crippen LogP contribution in [0.5, 0.6) is 0 Å². The topological polar surface area (TPSA) is 74.8 Å². The fraction of sp³-hybridized carbons (Fsp3) is 0.300. The molecule has 0 fully saturated rings. The van der Waals surface area contributed by atoms with Crippen molar-refractivity contribution in [3.63, 3.8) is 0 Å². The second-order valence-electron chi connectivity index (χ2n) is 6.61. The first-order valence-electron chi connectivity index (χ1n) is 8.74. The Morgan fingerprint density at radius 2 is 1.74 bits per heavy atom. The predicted molar refractivity (Wildman–Crippen MR) is 106 cm³/mol. The van der Waals surface area contributed by atoms with Crippen LogP contribution in [-0.2, 0) is 21.2 Å². The third-order valence-corrected chi connectivity index (χ3v) is 5.87. The number of sulfonamides is 1. The first-order chi connectivity index (χ1) is 12.8. The van der Waals surface area contributed by atoms with E-state index < -0.39 is 10.0 Å². The van der Waals surface area contributed by atoms with E-state index in [4.69, 9.17) is 0 Å². The summed E-state index contributed by atoms with van der Waals surface area (Å²) in [5, 5.41) is 0. The Balaban J connectivity index is 1.75. The number of carbonyl (C=O) groups is 2. The van der Waals surface area contributed by atoms with Crippen molar-refractivity contribution < 1.29 is 18.0 Å². The number of amides is 1. The number of rotatable bonds is 6. The normalized spacial score (nSPS) is 13.3. The minimum absolute atomic E-state index is 0.0513. The lowest BCUT2D eigenvalue weighted by Crippen LogP contribution is -2.36. The summed E-state index contributed by atoms with van der Waals surface area (Å²) < 4.78 is 25.6. The smallest absolute Gasteiger partial charge is 0.232 e. The summed E-state index contributed by atoms with van der Waals surface area (Å²) >= 11 is 0. The van der Waals surface area contributed by atoms with E-state index in [1.165, 1.54) is 11.2 Å². The van der Waals surface area contributed by atoms with Crippen LogP contribution in [-0.4, -0.2) is 39.5 Å². The fourth-order valence-electron chi connectivity index (χ4n) is 3.28. The van der Waals surface area contributed by atoms with Crippen molar-refractivity contribution in [3.05, 3.63) is 59.7 Å². The Kier molecular flexibility index (Phi) is 5.32. The second-order valence-corrected chi connectivity index (χ2v) is 8.52. The molecule has 1 aliphatic heterocycles. The van der Waals surface area contributed by atoms with Gasteiger partial charge < -0.3 is 4.90 Å². The van der Waals surface area contributed by atoms with Gasteiger partial charge in [-0.3, -0.25) is 13.9 Å². The quantitative estimate of drug-likeness (QED) is 0.716. The molecule has 1 heterocycles. The molecule has 2 aromatic rings. The second kappa shape index (κ2) is 7.52. The molecule has 0 aliphatic carbocycles. The van der Waals surface area contributed by atoms with Crippen molar-refractivity contribution in [2.75, 3.05) is 28.6 Å². The molecule has 0 unspecified atom stereocenters. The minimum atomic E-state index is -3.55. The van der Waals surface area contributed by atoms with Crippen LogP contribution in [0, 0.1) is 0 Å². The molecule has 6 nitrogen and oxygen atoms in total. The van der Waals surface area contributed by atoms with Crippen molar-refractivity contribution in [3.8, 4) is 0 Å². The van der Waals surface area contributed by atoms with Gasteiger partial charge in [-0.2, -0.15) is 0 Å². The molecule has 7 heteroatoms. The van der Waals surface area contributed by atoms with Gasteiger partial charge in [0.25, 0.3) is 0 Å². The first-order valence-corrected chi connectivity index (χ1v) is 10.6. The van der Waals surface area contributed by atoms with Gasteiger partial charge in [0.2, 0.25) is 15.9 Å². The minimum Gasteiger partial charge on any atom is -0.312 e. The highest BCUT2D eigenvalue weighted by atomic mass is 32.2. The highest BCUT2D eigenvalue weighted by Gasteiger charge is 2.26. The lowest BCUT2D eigenvalue weighted by atomic mass is 10.1. The summed E-state index contributed by atoms with van der Waals surface area (Å²) in [5.41, 5.74) is 2.99. The Morgan fingerprint density at radius 3 is 2.37 bits per heavy atom. The van der Waals surface area contributed by atoms with Gasteiger partial charge in [-0.1, -0.05) is 18.2 Å². The molecule has 0 aromatic heterocycles. The number of ketones is 1.